The van der Waals surface area contributed by atoms with Crippen LogP contribution in [0.2, 0.25) is 0 Å². The van der Waals surface area contributed by atoms with Gasteiger partial charge in [-0.3, -0.25) is 14.4 Å². The van der Waals surface area contributed by atoms with Gasteiger partial charge in [0.25, 0.3) is 5.91 Å². The Hall–Kier alpha value is -2.97. The highest BCUT2D eigenvalue weighted by atomic mass is 16.5. The van der Waals surface area contributed by atoms with Gasteiger partial charge >= 0.3 is 0 Å². The maximum Gasteiger partial charge on any atom is 0.253 e. The van der Waals surface area contributed by atoms with E-state index in [-0.39, 0.29) is 37.0 Å². The summed E-state index contributed by atoms with van der Waals surface area (Å²) in [5.41, 5.74) is 1.70. The second-order valence-electron chi connectivity index (χ2n) is 11.1. The Morgan fingerprint density at radius 3 is 2.59 bits per heavy atom. The number of nitrogens with zero attached hydrogens (tertiary/aromatic N) is 3. The van der Waals surface area contributed by atoms with Gasteiger partial charge in [-0.2, -0.15) is 0 Å². The molecule has 2 unspecified atom stereocenters. The van der Waals surface area contributed by atoms with Crippen molar-refractivity contribution in [2.24, 2.45) is 11.8 Å². The number of carbonyl (C=O) groups excluding carboxylic acids is 3. The number of aliphatic hydroxyl groups is 1. The summed E-state index contributed by atoms with van der Waals surface area (Å²) >= 11 is 0. The molecule has 3 aliphatic rings. The van der Waals surface area contributed by atoms with E-state index in [1.165, 1.54) is 0 Å². The van der Waals surface area contributed by atoms with Crippen LogP contribution in [-0.4, -0.2) is 83.2 Å². The standard InChI is InChI=1S/C31H43N3O5/c1-6-15-32(16-7-2)28(36)25-24-13-14-31(39-24)26(25)29(37)34(18-9-10-19-35)27(31)30(38)33(17-8-3)23-20-21(4)11-12-22(23)5/h6,8,11-12,20,24-27,35H,1,3,7,9-10,13-19H2,2,4-5H3/t24-,25+,26+,27?,31?/m1/s1. The van der Waals surface area contributed by atoms with Gasteiger partial charge in [0, 0.05) is 38.5 Å². The number of hydrogen-bond acceptors (Lipinski definition) is 5. The summed E-state index contributed by atoms with van der Waals surface area (Å²) in [7, 11) is 0. The molecule has 3 heterocycles. The van der Waals surface area contributed by atoms with Crippen molar-refractivity contribution in [2.75, 3.05) is 37.7 Å². The Morgan fingerprint density at radius 1 is 1.18 bits per heavy atom. The van der Waals surface area contributed by atoms with Crippen LogP contribution < -0.4 is 4.90 Å². The van der Waals surface area contributed by atoms with E-state index in [1.54, 1.807) is 26.9 Å². The molecule has 3 aliphatic heterocycles. The molecule has 3 fully saturated rings. The zero-order chi connectivity index (χ0) is 28.3. The van der Waals surface area contributed by atoms with Gasteiger partial charge in [-0.15, -0.1) is 13.2 Å². The molecule has 39 heavy (non-hydrogen) atoms. The van der Waals surface area contributed by atoms with E-state index < -0.39 is 23.5 Å². The number of anilines is 1. The molecule has 5 atom stereocenters. The van der Waals surface area contributed by atoms with E-state index in [4.69, 9.17) is 4.74 Å². The molecular formula is C31H43N3O5. The molecule has 0 saturated carbocycles. The summed E-state index contributed by atoms with van der Waals surface area (Å²) in [5, 5.41) is 9.41. The highest BCUT2D eigenvalue weighted by Crippen LogP contribution is 2.59. The Balaban J connectivity index is 1.77. The third-order valence-electron chi connectivity index (χ3n) is 8.51. The maximum absolute atomic E-state index is 14.6. The largest absolute Gasteiger partial charge is 0.396 e. The number of rotatable bonds is 13. The maximum atomic E-state index is 14.6. The van der Waals surface area contributed by atoms with Gasteiger partial charge in [-0.05, 0) is 63.1 Å². The first-order chi connectivity index (χ1) is 18.7. The van der Waals surface area contributed by atoms with Crippen LogP contribution in [0.1, 0.15) is 50.2 Å². The minimum atomic E-state index is -1.05. The van der Waals surface area contributed by atoms with Crippen molar-refractivity contribution in [3.8, 4) is 0 Å². The van der Waals surface area contributed by atoms with E-state index >= 15 is 0 Å². The Morgan fingerprint density at radius 2 is 1.92 bits per heavy atom. The molecule has 3 saturated heterocycles. The fourth-order valence-electron chi connectivity index (χ4n) is 6.87. The van der Waals surface area contributed by atoms with Crippen molar-refractivity contribution in [3.05, 3.63) is 54.6 Å². The van der Waals surface area contributed by atoms with E-state index in [9.17, 15) is 19.5 Å². The number of ether oxygens (including phenoxy) is 1. The number of aliphatic hydroxyl groups excluding tert-OH is 1. The monoisotopic (exact) mass is 537 g/mol. The minimum absolute atomic E-state index is 0.00745. The number of amides is 3. The SMILES string of the molecule is C=CCN(CCC)C(=O)[C@@H]1[C@H]2C(=O)N(CCCCO)C(C(=O)N(CC=C)c3cc(C)ccc3C)C23CC[C@H]1O3. The van der Waals surface area contributed by atoms with Crippen molar-refractivity contribution >= 4 is 23.4 Å². The highest BCUT2D eigenvalue weighted by molar-refractivity contribution is 6.05. The van der Waals surface area contributed by atoms with Crippen LogP contribution in [-0.2, 0) is 19.1 Å². The number of hydrogen-bond donors (Lipinski definition) is 1. The number of fused-ring (bicyclic) bond motifs is 1. The molecule has 1 spiro atoms. The van der Waals surface area contributed by atoms with Crippen LogP contribution in [0.25, 0.3) is 0 Å². The summed E-state index contributed by atoms with van der Waals surface area (Å²) in [6.07, 6.45) is 6.06. The predicted molar refractivity (Wildman–Crippen MR) is 151 cm³/mol. The summed E-state index contributed by atoms with van der Waals surface area (Å²) in [4.78, 5) is 47.7. The van der Waals surface area contributed by atoms with Crippen LogP contribution in [0.15, 0.2) is 43.5 Å². The van der Waals surface area contributed by atoms with Crippen LogP contribution >= 0.6 is 0 Å². The van der Waals surface area contributed by atoms with Gasteiger partial charge in [-0.1, -0.05) is 31.2 Å². The summed E-state index contributed by atoms with van der Waals surface area (Å²) in [6.45, 7) is 15.3. The van der Waals surface area contributed by atoms with E-state index in [0.717, 1.165) is 23.2 Å². The minimum Gasteiger partial charge on any atom is -0.396 e. The predicted octanol–water partition coefficient (Wildman–Crippen LogP) is 3.39. The van der Waals surface area contributed by atoms with Crippen molar-refractivity contribution in [2.45, 2.75) is 70.6 Å². The van der Waals surface area contributed by atoms with Crippen molar-refractivity contribution < 1.29 is 24.2 Å². The lowest BCUT2D eigenvalue weighted by atomic mass is 9.70. The number of likely N-dealkylation sites (tertiary alicyclic amines) is 1. The molecule has 4 rings (SSSR count). The second-order valence-corrected chi connectivity index (χ2v) is 11.1. The molecule has 1 aromatic rings. The molecule has 0 aromatic heterocycles. The third kappa shape index (κ3) is 5.05. The topological polar surface area (TPSA) is 90.4 Å². The molecule has 2 bridgehead atoms. The van der Waals surface area contributed by atoms with Crippen molar-refractivity contribution in [1.29, 1.82) is 0 Å². The number of aryl methyl sites for hydroxylation is 2. The fraction of sp³-hybridized carbons (Fsp3) is 0.581. The Bertz CT molecular complexity index is 1120. The lowest BCUT2D eigenvalue weighted by molar-refractivity contribution is -0.145. The molecule has 8 nitrogen and oxygen atoms in total. The molecule has 8 heteroatoms. The molecule has 0 aliphatic carbocycles. The van der Waals surface area contributed by atoms with Gasteiger partial charge in [-0.25, -0.2) is 0 Å². The second kappa shape index (κ2) is 12.0. The molecule has 1 N–H and O–H groups in total. The van der Waals surface area contributed by atoms with E-state index in [2.05, 4.69) is 13.2 Å². The summed E-state index contributed by atoms with van der Waals surface area (Å²) < 4.78 is 6.62. The molecule has 212 valence electrons. The first-order valence-electron chi connectivity index (χ1n) is 14.2. The average Bonchev–Trinajstić information content (AvgIpc) is 3.55. The van der Waals surface area contributed by atoms with E-state index in [0.29, 0.717) is 45.3 Å². The quantitative estimate of drug-likeness (QED) is 0.308. The summed E-state index contributed by atoms with van der Waals surface area (Å²) in [5.74, 6) is -1.83. The molecule has 3 amide bonds. The molecular weight excluding hydrogens is 494 g/mol. The van der Waals surface area contributed by atoms with Gasteiger partial charge in [0.1, 0.15) is 11.6 Å². The van der Waals surface area contributed by atoms with Gasteiger partial charge in [0.05, 0.1) is 17.9 Å². The first kappa shape index (κ1) is 29.0. The van der Waals surface area contributed by atoms with Crippen LogP contribution in [0, 0.1) is 25.7 Å². The lowest BCUT2D eigenvalue weighted by Gasteiger charge is -2.37. The summed E-state index contributed by atoms with van der Waals surface area (Å²) in [6, 6.07) is 5.13. The van der Waals surface area contributed by atoms with Gasteiger partial charge in [0.2, 0.25) is 11.8 Å². The van der Waals surface area contributed by atoms with Crippen LogP contribution in [0.5, 0.6) is 0 Å². The highest BCUT2D eigenvalue weighted by Gasteiger charge is 2.74. The zero-order valence-electron chi connectivity index (χ0n) is 23.6. The normalized spacial score (nSPS) is 27.0. The lowest BCUT2D eigenvalue weighted by Crippen LogP contribution is -2.56. The number of carbonyl (C=O) groups is 3. The Kier molecular flexibility index (Phi) is 8.96. The first-order valence-corrected chi connectivity index (χ1v) is 14.2. The average molecular weight is 538 g/mol. The van der Waals surface area contributed by atoms with Crippen molar-refractivity contribution in [1.82, 2.24) is 9.80 Å². The molecule has 1 aromatic carbocycles. The van der Waals surface area contributed by atoms with Crippen LogP contribution in [0.3, 0.4) is 0 Å². The third-order valence-corrected chi connectivity index (χ3v) is 8.51. The number of unbranched alkanes of at least 4 members (excludes halogenated alkanes) is 1. The van der Waals surface area contributed by atoms with Gasteiger partial charge < -0.3 is 24.5 Å². The van der Waals surface area contributed by atoms with Gasteiger partial charge in [0.15, 0.2) is 0 Å². The smallest absolute Gasteiger partial charge is 0.253 e. The fourth-order valence-corrected chi connectivity index (χ4v) is 6.87. The zero-order valence-corrected chi connectivity index (χ0v) is 23.6. The van der Waals surface area contributed by atoms with Crippen LogP contribution in [0.4, 0.5) is 5.69 Å². The Labute approximate surface area is 232 Å². The van der Waals surface area contributed by atoms with E-state index in [1.807, 2.05) is 39.0 Å². The number of benzene rings is 1. The molecule has 0 radical (unpaired) electrons. The van der Waals surface area contributed by atoms with Crippen molar-refractivity contribution in [3.63, 3.8) is 0 Å².